The number of alkyl halides is 3. The van der Waals surface area contributed by atoms with Gasteiger partial charge in [-0.3, -0.25) is 0 Å². The first-order valence-electron chi connectivity index (χ1n) is 8.07. The van der Waals surface area contributed by atoms with Gasteiger partial charge in [-0.1, -0.05) is 0 Å². The molecule has 0 aromatic carbocycles. The van der Waals surface area contributed by atoms with Gasteiger partial charge >= 0.3 is 135 Å². The second kappa shape index (κ2) is 8.80. The van der Waals surface area contributed by atoms with Crippen LogP contribution in [0.4, 0.5) is 13.2 Å². The Morgan fingerprint density at radius 2 is 1.48 bits per heavy atom. The quantitative estimate of drug-likeness (QED) is 0.399. The van der Waals surface area contributed by atoms with Crippen molar-refractivity contribution in [3.8, 4) is 0 Å². The van der Waals surface area contributed by atoms with Gasteiger partial charge in [0.05, 0.1) is 0 Å². The number of thiophene rings is 1. The topological polar surface area (TPSA) is 0 Å². The van der Waals surface area contributed by atoms with Crippen molar-refractivity contribution < 1.29 is 13.2 Å². The SMILES string of the molecule is CCC[CH2][Sn]([CH2]CC)([CH2]CCC)[c]1ccc(C(F)(F)F)s1. The summed E-state index contributed by atoms with van der Waals surface area (Å²) in [4.78, 5) is -0.400. The first-order chi connectivity index (χ1) is 9.89. The molecule has 0 amide bonds. The third kappa shape index (κ3) is 5.45. The van der Waals surface area contributed by atoms with Crippen LogP contribution in [-0.2, 0) is 6.18 Å². The number of unbranched alkanes of at least 4 members (excludes halogenated alkanes) is 2. The maximum absolute atomic E-state index is 12.9. The van der Waals surface area contributed by atoms with Gasteiger partial charge in [-0.2, -0.15) is 0 Å². The Balaban J connectivity index is 3.10. The van der Waals surface area contributed by atoms with Gasteiger partial charge in [0.2, 0.25) is 0 Å². The molecule has 0 aliphatic rings. The molecule has 0 aliphatic carbocycles. The summed E-state index contributed by atoms with van der Waals surface area (Å²) in [6.07, 6.45) is 1.58. The van der Waals surface area contributed by atoms with Crippen molar-refractivity contribution in [2.45, 2.75) is 72.4 Å². The van der Waals surface area contributed by atoms with Gasteiger partial charge in [-0.15, -0.1) is 0 Å². The predicted octanol–water partition coefficient (Wildman–Crippen LogP) is 6.43. The second-order valence-corrected chi connectivity index (χ2v) is 21.1. The van der Waals surface area contributed by atoms with Crippen molar-refractivity contribution in [2.24, 2.45) is 0 Å². The van der Waals surface area contributed by atoms with E-state index in [-0.39, 0.29) is 0 Å². The van der Waals surface area contributed by atoms with Crippen LogP contribution in [-0.4, -0.2) is 18.4 Å². The van der Waals surface area contributed by atoms with Gasteiger partial charge in [0, 0.05) is 0 Å². The molecule has 0 saturated carbocycles. The van der Waals surface area contributed by atoms with Crippen LogP contribution in [0, 0.1) is 0 Å². The van der Waals surface area contributed by atoms with E-state index in [9.17, 15) is 13.2 Å². The van der Waals surface area contributed by atoms with Crippen LogP contribution < -0.4 is 2.89 Å². The average molecular weight is 427 g/mol. The van der Waals surface area contributed by atoms with Crippen molar-refractivity contribution in [2.75, 3.05) is 0 Å². The fourth-order valence-electron chi connectivity index (χ4n) is 3.03. The van der Waals surface area contributed by atoms with Gasteiger partial charge in [0.25, 0.3) is 0 Å². The van der Waals surface area contributed by atoms with Crippen molar-refractivity contribution >= 4 is 32.6 Å². The van der Waals surface area contributed by atoms with Crippen LogP contribution in [0.15, 0.2) is 12.1 Å². The molecule has 1 heterocycles. The summed E-state index contributed by atoms with van der Waals surface area (Å²) in [5, 5.41) is 0. The molecule has 0 unspecified atom stereocenters. The first-order valence-corrected chi connectivity index (χ1v) is 16.4. The van der Waals surface area contributed by atoms with Gasteiger partial charge in [0.15, 0.2) is 0 Å². The van der Waals surface area contributed by atoms with Crippen molar-refractivity contribution in [3.05, 3.63) is 17.0 Å². The van der Waals surface area contributed by atoms with E-state index < -0.39 is 29.4 Å². The molecule has 0 saturated heterocycles. The van der Waals surface area contributed by atoms with Crippen molar-refractivity contribution in [3.63, 3.8) is 0 Å². The first kappa shape index (κ1) is 19.3. The third-order valence-electron chi connectivity index (χ3n) is 4.15. The summed E-state index contributed by atoms with van der Waals surface area (Å²) in [6, 6.07) is 3.14. The molecule has 21 heavy (non-hydrogen) atoms. The summed E-state index contributed by atoms with van der Waals surface area (Å²) in [6.45, 7) is 6.54. The molecule has 1 rings (SSSR count). The van der Waals surface area contributed by atoms with Crippen LogP contribution in [0.1, 0.15) is 57.8 Å². The van der Waals surface area contributed by atoms with E-state index in [1.165, 1.54) is 32.2 Å². The Bertz CT molecular complexity index is 404. The molecule has 0 nitrogen and oxygen atoms in total. The van der Waals surface area contributed by atoms with Crippen LogP contribution in [0.3, 0.4) is 0 Å². The fourth-order valence-corrected chi connectivity index (χ4v) is 22.8. The normalized spacial score (nSPS) is 12.9. The molecule has 0 aliphatic heterocycles. The number of halogens is 3. The summed E-state index contributed by atoms with van der Waals surface area (Å²) in [5.41, 5.74) is 0. The molecule has 0 N–H and O–H groups in total. The van der Waals surface area contributed by atoms with E-state index in [0.717, 1.165) is 33.5 Å². The molecule has 0 fully saturated rings. The zero-order valence-electron chi connectivity index (χ0n) is 13.4. The molecule has 0 bridgehead atoms. The van der Waals surface area contributed by atoms with E-state index in [2.05, 4.69) is 20.8 Å². The van der Waals surface area contributed by atoms with E-state index in [1.807, 2.05) is 6.07 Å². The standard InChI is InChI=1S/C5H2F3S.2C4H9.C3H7.Sn/c6-5(7,8)4-2-1-3-9-4;2*1-3-4-2;1-3-2;/h1-2H;2*1,3-4H2,2H3;1,3H2,2H3;. The molecular weight excluding hydrogens is 400 g/mol. The van der Waals surface area contributed by atoms with Crippen LogP contribution in [0.2, 0.25) is 13.3 Å². The van der Waals surface area contributed by atoms with Gasteiger partial charge in [0.1, 0.15) is 0 Å². The Morgan fingerprint density at radius 3 is 1.86 bits per heavy atom. The zero-order chi connectivity index (χ0) is 15.9. The minimum absolute atomic E-state index is 0.400. The Kier molecular flexibility index (Phi) is 8.10. The predicted molar refractivity (Wildman–Crippen MR) is 89.2 cm³/mol. The molecule has 0 radical (unpaired) electrons. The number of rotatable bonds is 9. The van der Waals surface area contributed by atoms with E-state index in [0.29, 0.717) is 0 Å². The van der Waals surface area contributed by atoms with Gasteiger partial charge < -0.3 is 0 Å². The molecular formula is C16H27F3SSn. The zero-order valence-corrected chi connectivity index (χ0v) is 17.0. The Labute approximate surface area is 135 Å². The average Bonchev–Trinajstić information content (AvgIpc) is 2.92. The van der Waals surface area contributed by atoms with E-state index in [4.69, 9.17) is 0 Å². The molecule has 5 heteroatoms. The molecule has 122 valence electrons. The van der Waals surface area contributed by atoms with Crippen LogP contribution in [0.25, 0.3) is 0 Å². The monoisotopic (exact) mass is 428 g/mol. The summed E-state index contributed by atoms with van der Waals surface area (Å²) < 4.78 is 43.5. The molecule has 1 aromatic rings. The van der Waals surface area contributed by atoms with E-state index >= 15 is 0 Å². The molecule has 0 spiro atoms. The summed E-state index contributed by atoms with van der Waals surface area (Å²) >= 11 is -1.57. The third-order valence-corrected chi connectivity index (χ3v) is 24.0. The second-order valence-electron chi connectivity index (χ2n) is 5.90. The minimum atomic E-state index is -4.18. The van der Waals surface area contributed by atoms with Crippen molar-refractivity contribution in [1.29, 1.82) is 0 Å². The number of hydrogen-bond acceptors (Lipinski definition) is 1. The Hall–Kier alpha value is 0.289. The fraction of sp³-hybridized carbons (Fsp3) is 0.750. The van der Waals surface area contributed by atoms with Crippen molar-refractivity contribution in [1.82, 2.24) is 0 Å². The molecule has 1 aromatic heterocycles. The summed E-state index contributed by atoms with van der Waals surface area (Å²) in [7, 11) is 0. The maximum atomic E-state index is 12.9. The van der Waals surface area contributed by atoms with E-state index in [1.54, 1.807) is 0 Å². The van der Waals surface area contributed by atoms with Crippen LogP contribution in [0.5, 0.6) is 0 Å². The Morgan fingerprint density at radius 1 is 0.905 bits per heavy atom. The van der Waals surface area contributed by atoms with Crippen LogP contribution >= 0.6 is 11.3 Å². The van der Waals surface area contributed by atoms with Gasteiger partial charge in [-0.05, 0) is 0 Å². The number of hydrogen-bond donors (Lipinski definition) is 0. The molecule has 0 atom stereocenters. The summed E-state index contributed by atoms with van der Waals surface area (Å²) in [5.74, 6) is 0. The van der Waals surface area contributed by atoms with Gasteiger partial charge in [-0.25, -0.2) is 0 Å².